The van der Waals surface area contributed by atoms with Gasteiger partial charge in [-0.1, -0.05) is 199 Å². The molecule has 0 rings (SSSR count). The fourth-order valence-electron chi connectivity index (χ4n) is 5.78. The van der Waals surface area contributed by atoms with Gasteiger partial charge in [0.1, 0.15) is 13.2 Å². The third-order valence-corrected chi connectivity index (χ3v) is 9.31. The number of allylic oxidation sites excluding steroid dienone is 22. The molecule has 0 aliphatic heterocycles. The summed E-state index contributed by atoms with van der Waals surface area (Å²) in [7, 11) is 0. The Balaban J connectivity index is 4.59. The van der Waals surface area contributed by atoms with Crippen LogP contribution in [0.5, 0.6) is 0 Å². The zero-order valence-electron chi connectivity index (χ0n) is 38.6. The summed E-state index contributed by atoms with van der Waals surface area (Å²) < 4.78 is 16.6. The maximum atomic E-state index is 12.7. The Labute approximate surface area is 373 Å². The van der Waals surface area contributed by atoms with E-state index in [1.54, 1.807) is 0 Å². The monoisotopic (exact) mass is 841 g/mol. The Morgan fingerprint density at radius 1 is 0.361 bits per heavy atom. The minimum atomic E-state index is -0.843. The van der Waals surface area contributed by atoms with Crippen LogP contribution < -0.4 is 0 Å². The number of carbonyl (C=O) groups is 3. The second kappa shape index (κ2) is 48.2. The van der Waals surface area contributed by atoms with Crippen LogP contribution in [0, 0.1) is 0 Å². The van der Waals surface area contributed by atoms with Gasteiger partial charge < -0.3 is 14.2 Å². The van der Waals surface area contributed by atoms with E-state index in [0.717, 1.165) is 83.5 Å². The minimum absolute atomic E-state index is 0.135. The first-order chi connectivity index (χ1) is 30.0. The maximum Gasteiger partial charge on any atom is 0.306 e. The molecule has 6 nitrogen and oxygen atoms in total. The smallest absolute Gasteiger partial charge is 0.306 e. The van der Waals surface area contributed by atoms with E-state index in [0.29, 0.717) is 25.7 Å². The van der Waals surface area contributed by atoms with Crippen LogP contribution in [0.15, 0.2) is 134 Å². The summed E-state index contributed by atoms with van der Waals surface area (Å²) in [5, 5.41) is 0. The summed E-state index contributed by atoms with van der Waals surface area (Å²) in [6.45, 7) is 6.21. The molecule has 0 heterocycles. The van der Waals surface area contributed by atoms with E-state index < -0.39 is 12.1 Å². The predicted molar refractivity (Wildman–Crippen MR) is 260 cm³/mol. The first-order valence-electron chi connectivity index (χ1n) is 23.8. The number of carbonyl (C=O) groups excluding carboxylic acids is 3. The molecule has 0 aromatic heterocycles. The van der Waals surface area contributed by atoms with Crippen molar-refractivity contribution in [2.75, 3.05) is 13.2 Å². The van der Waals surface area contributed by atoms with Crippen LogP contribution in [0.1, 0.15) is 175 Å². The lowest BCUT2D eigenvalue weighted by Gasteiger charge is -2.18. The van der Waals surface area contributed by atoms with Crippen molar-refractivity contribution in [1.29, 1.82) is 0 Å². The highest BCUT2D eigenvalue weighted by atomic mass is 16.6. The van der Waals surface area contributed by atoms with Crippen molar-refractivity contribution in [3.05, 3.63) is 134 Å². The highest BCUT2D eigenvalue weighted by Crippen LogP contribution is 2.11. The van der Waals surface area contributed by atoms with Gasteiger partial charge in [-0.15, -0.1) is 0 Å². The average Bonchev–Trinajstić information content (AvgIpc) is 3.26. The number of hydrogen-bond donors (Lipinski definition) is 0. The van der Waals surface area contributed by atoms with E-state index >= 15 is 0 Å². The Morgan fingerprint density at radius 3 is 1.28 bits per heavy atom. The molecular weight excluding hydrogens is 757 g/mol. The topological polar surface area (TPSA) is 78.9 Å². The molecule has 61 heavy (non-hydrogen) atoms. The highest BCUT2D eigenvalue weighted by Gasteiger charge is 2.19. The van der Waals surface area contributed by atoms with Gasteiger partial charge in [0.25, 0.3) is 0 Å². The first kappa shape index (κ1) is 56.5. The second-order valence-corrected chi connectivity index (χ2v) is 15.1. The van der Waals surface area contributed by atoms with E-state index in [1.165, 1.54) is 32.1 Å². The lowest BCUT2D eigenvalue weighted by Crippen LogP contribution is -2.30. The van der Waals surface area contributed by atoms with Gasteiger partial charge in [-0.25, -0.2) is 0 Å². The molecule has 0 saturated carbocycles. The van der Waals surface area contributed by atoms with Crippen molar-refractivity contribution in [2.24, 2.45) is 0 Å². The molecule has 0 spiro atoms. The largest absolute Gasteiger partial charge is 0.462 e. The van der Waals surface area contributed by atoms with Crippen molar-refractivity contribution in [3.63, 3.8) is 0 Å². The van der Waals surface area contributed by atoms with Crippen molar-refractivity contribution in [1.82, 2.24) is 0 Å². The van der Waals surface area contributed by atoms with Crippen molar-refractivity contribution in [2.45, 2.75) is 181 Å². The zero-order chi connectivity index (χ0) is 44.4. The van der Waals surface area contributed by atoms with E-state index in [1.807, 2.05) is 54.7 Å². The Kier molecular flexibility index (Phi) is 44.7. The number of esters is 3. The molecule has 0 aromatic carbocycles. The van der Waals surface area contributed by atoms with Crippen LogP contribution in [0.3, 0.4) is 0 Å². The Hall–Kier alpha value is -4.45. The molecule has 340 valence electrons. The van der Waals surface area contributed by atoms with Crippen LogP contribution >= 0.6 is 0 Å². The van der Waals surface area contributed by atoms with Gasteiger partial charge in [0.2, 0.25) is 0 Å². The standard InChI is InChI=1S/C55H84O6/c1-4-7-10-13-16-19-22-25-26-27-28-29-31-33-36-39-42-45-48-54(57)60-51-52(50-59-53(56)47-44-41-38-35-32-24-21-18-15-12-9-6-3)61-55(58)49-46-43-40-37-34-30-23-20-17-14-11-8-5-2/h8-9,11-12,14,17-18,20-23,25-30,32,34-35,37,40,52H,4-7,10,13,15-16,19,24,31,33,36,38-39,41-51H2,1-3H3/b11-8-,12-9-,17-14-,21-18-,23-20-,25-22-,27-26-,29-28-,34-30-,35-32-,40-37-. The van der Waals surface area contributed by atoms with Gasteiger partial charge in [0.15, 0.2) is 6.10 Å². The summed E-state index contributed by atoms with van der Waals surface area (Å²) in [6, 6.07) is 0. The van der Waals surface area contributed by atoms with Crippen molar-refractivity contribution < 1.29 is 28.6 Å². The molecule has 0 N–H and O–H groups in total. The fourth-order valence-corrected chi connectivity index (χ4v) is 5.78. The van der Waals surface area contributed by atoms with E-state index in [4.69, 9.17) is 14.2 Å². The Bertz CT molecular complexity index is 1380. The van der Waals surface area contributed by atoms with Crippen molar-refractivity contribution in [3.8, 4) is 0 Å². The van der Waals surface area contributed by atoms with Gasteiger partial charge in [0, 0.05) is 19.3 Å². The minimum Gasteiger partial charge on any atom is -0.462 e. The van der Waals surface area contributed by atoms with Gasteiger partial charge in [-0.3, -0.25) is 14.4 Å². The first-order valence-corrected chi connectivity index (χ1v) is 23.8. The molecule has 0 bridgehead atoms. The number of hydrogen-bond acceptors (Lipinski definition) is 6. The van der Waals surface area contributed by atoms with Crippen LogP contribution in [-0.4, -0.2) is 37.2 Å². The van der Waals surface area contributed by atoms with Crippen LogP contribution in [0.25, 0.3) is 0 Å². The van der Waals surface area contributed by atoms with Gasteiger partial charge in [0.05, 0.1) is 0 Å². The van der Waals surface area contributed by atoms with Crippen LogP contribution in [0.2, 0.25) is 0 Å². The second-order valence-electron chi connectivity index (χ2n) is 15.1. The lowest BCUT2D eigenvalue weighted by atomic mass is 10.1. The van der Waals surface area contributed by atoms with Gasteiger partial charge >= 0.3 is 17.9 Å². The quantitative estimate of drug-likeness (QED) is 0.0201. The summed E-state index contributed by atoms with van der Waals surface area (Å²) >= 11 is 0. The SMILES string of the molecule is CC\C=C/C=C\C=C/C=C\C=C/CCCC(=O)OC(COC(=O)CCCC/C=C\C/C=C\C/C=C\CC)COC(=O)CCCCCCC\C=C/C=C\C=C/CCCCCCC. The van der Waals surface area contributed by atoms with E-state index in [-0.39, 0.29) is 38.0 Å². The average molecular weight is 841 g/mol. The van der Waals surface area contributed by atoms with Crippen LogP contribution in [-0.2, 0) is 28.6 Å². The lowest BCUT2D eigenvalue weighted by molar-refractivity contribution is -0.167. The Morgan fingerprint density at radius 2 is 0.738 bits per heavy atom. The molecule has 0 amide bonds. The van der Waals surface area contributed by atoms with Crippen LogP contribution in [0.4, 0.5) is 0 Å². The van der Waals surface area contributed by atoms with Crippen molar-refractivity contribution >= 4 is 17.9 Å². The molecule has 0 aromatic rings. The molecular formula is C55H84O6. The third-order valence-electron chi connectivity index (χ3n) is 9.31. The predicted octanol–water partition coefficient (Wildman–Crippen LogP) is 15.5. The molecule has 0 fully saturated rings. The zero-order valence-corrected chi connectivity index (χ0v) is 38.6. The van der Waals surface area contributed by atoms with Gasteiger partial charge in [-0.05, 0) is 89.9 Å². The number of ether oxygens (including phenoxy) is 3. The molecule has 6 heteroatoms. The summed E-state index contributed by atoms with van der Waals surface area (Å²) in [6.07, 6.45) is 67.3. The van der Waals surface area contributed by atoms with E-state index in [9.17, 15) is 14.4 Å². The number of rotatable bonds is 40. The maximum absolute atomic E-state index is 12.7. The van der Waals surface area contributed by atoms with E-state index in [2.05, 4.69) is 99.8 Å². The molecule has 1 atom stereocenters. The number of unbranched alkanes of at least 4 members (excludes halogenated alkanes) is 13. The molecule has 0 aliphatic rings. The highest BCUT2D eigenvalue weighted by molar-refractivity contribution is 5.71. The third kappa shape index (κ3) is 46.5. The molecule has 0 aliphatic carbocycles. The van der Waals surface area contributed by atoms with Gasteiger partial charge in [-0.2, -0.15) is 0 Å². The summed E-state index contributed by atoms with van der Waals surface area (Å²) in [4.78, 5) is 37.8. The normalized spacial score (nSPS) is 13.3. The molecule has 0 radical (unpaired) electrons. The fraction of sp³-hybridized carbons (Fsp3) is 0.545. The molecule has 1 unspecified atom stereocenters. The molecule has 0 saturated heterocycles. The summed E-state index contributed by atoms with van der Waals surface area (Å²) in [5.74, 6) is -1.08. The summed E-state index contributed by atoms with van der Waals surface area (Å²) in [5.41, 5.74) is 0.